The second-order valence-electron chi connectivity index (χ2n) is 4.40. The standard InChI is InChI=1S/C13H21N3/c1-2-16(13-5-9-15-10-6-13)11-12-3-7-14-8-4-12/h3-4,7-8,13,15H,2,5-6,9-11H2,1H3. The largest absolute Gasteiger partial charge is 0.317 e. The van der Waals surface area contributed by atoms with Gasteiger partial charge in [0.25, 0.3) is 0 Å². The molecule has 1 N–H and O–H groups in total. The van der Waals surface area contributed by atoms with E-state index in [4.69, 9.17) is 0 Å². The van der Waals surface area contributed by atoms with Gasteiger partial charge >= 0.3 is 0 Å². The lowest BCUT2D eigenvalue weighted by atomic mass is 10.0. The van der Waals surface area contributed by atoms with E-state index in [0.29, 0.717) is 0 Å². The molecule has 0 aliphatic carbocycles. The van der Waals surface area contributed by atoms with E-state index in [2.05, 4.69) is 34.3 Å². The highest BCUT2D eigenvalue weighted by Gasteiger charge is 2.19. The Bertz CT molecular complexity index is 293. The van der Waals surface area contributed by atoms with Crippen LogP contribution in [0.2, 0.25) is 0 Å². The smallest absolute Gasteiger partial charge is 0.0271 e. The van der Waals surface area contributed by atoms with Crippen LogP contribution in [0.25, 0.3) is 0 Å². The van der Waals surface area contributed by atoms with Gasteiger partial charge in [0, 0.05) is 25.0 Å². The molecule has 1 aliphatic heterocycles. The first-order valence-corrected chi connectivity index (χ1v) is 6.24. The van der Waals surface area contributed by atoms with E-state index in [1.807, 2.05) is 12.4 Å². The molecular formula is C13H21N3. The second kappa shape index (κ2) is 5.97. The van der Waals surface area contributed by atoms with Crippen LogP contribution in [0, 0.1) is 0 Å². The minimum atomic E-state index is 0.749. The van der Waals surface area contributed by atoms with Crippen LogP contribution in [-0.2, 0) is 6.54 Å². The SMILES string of the molecule is CCN(Cc1ccncc1)C1CCNCC1. The van der Waals surface area contributed by atoms with E-state index in [-0.39, 0.29) is 0 Å². The summed E-state index contributed by atoms with van der Waals surface area (Å²) in [7, 11) is 0. The van der Waals surface area contributed by atoms with E-state index in [0.717, 1.165) is 32.2 Å². The normalized spacial score (nSPS) is 17.9. The molecule has 2 rings (SSSR count). The molecule has 1 fully saturated rings. The predicted molar refractivity (Wildman–Crippen MR) is 66.2 cm³/mol. The van der Waals surface area contributed by atoms with Gasteiger partial charge in [0.1, 0.15) is 0 Å². The van der Waals surface area contributed by atoms with Crippen LogP contribution in [0.3, 0.4) is 0 Å². The average molecular weight is 219 g/mol. The summed E-state index contributed by atoms with van der Waals surface area (Å²) in [5, 5.41) is 3.42. The number of nitrogens with one attached hydrogen (secondary N) is 1. The molecule has 0 radical (unpaired) electrons. The maximum atomic E-state index is 4.06. The highest BCUT2D eigenvalue weighted by molar-refractivity contribution is 5.09. The van der Waals surface area contributed by atoms with E-state index in [1.165, 1.54) is 18.4 Å². The molecule has 0 bridgehead atoms. The molecule has 1 saturated heterocycles. The molecule has 0 aromatic carbocycles. The molecule has 3 nitrogen and oxygen atoms in total. The molecule has 0 atom stereocenters. The summed E-state index contributed by atoms with van der Waals surface area (Å²) >= 11 is 0. The zero-order valence-corrected chi connectivity index (χ0v) is 10.0. The molecule has 2 heterocycles. The number of rotatable bonds is 4. The maximum Gasteiger partial charge on any atom is 0.0271 e. The number of hydrogen-bond acceptors (Lipinski definition) is 3. The molecular weight excluding hydrogens is 198 g/mol. The fourth-order valence-corrected chi connectivity index (χ4v) is 2.39. The van der Waals surface area contributed by atoms with Gasteiger partial charge in [-0.2, -0.15) is 0 Å². The van der Waals surface area contributed by atoms with Gasteiger partial charge < -0.3 is 5.32 Å². The summed E-state index contributed by atoms with van der Waals surface area (Å²) in [4.78, 5) is 6.64. The van der Waals surface area contributed by atoms with E-state index in [1.54, 1.807) is 0 Å². The Kier molecular flexibility index (Phi) is 4.31. The molecule has 0 spiro atoms. The average Bonchev–Trinajstić information content (AvgIpc) is 2.38. The summed E-state index contributed by atoms with van der Waals surface area (Å²) in [6.45, 7) is 6.77. The van der Waals surface area contributed by atoms with Crippen molar-refractivity contribution in [1.82, 2.24) is 15.2 Å². The van der Waals surface area contributed by atoms with Crippen molar-refractivity contribution >= 4 is 0 Å². The van der Waals surface area contributed by atoms with Crippen LogP contribution >= 0.6 is 0 Å². The van der Waals surface area contributed by atoms with Crippen molar-refractivity contribution in [1.29, 1.82) is 0 Å². The van der Waals surface area contributed by atoms with Crippen molar-refractivity contribution in [2.45, 2.75) is 32.4 Å². The van der Waals surface area contributed by atoms with Crippen LogP contribution in [0.5, 0.6) is 0 Å². The third kappa shape index (κ3) is 3.03. The van der Waals surface area contributed by atoms with Crippen LogP contribution < -0.4 is 5.32 Å². The third-order valence-corrected chi connectivity index (χ3v) is 3.37. The fourth-order valence-electron chi connectivity index (χ4n) is 2.39. The molecule has 1 aliphatic rings. The highest BCUT2D eigenvalue weighted by Crippen LogP contribution is 2.14. The van der Waals surface area contributed by atoms with Crippen molar-refractivity contribution in [2.75, 3.05) is 19.6 Å². The molecule has 1 aromatic heterocycles. The number of aromatic nitrogens is 1. The summed E-state index contributed by atoms with van der Waals surface area (Å²) in [6, 6.07) is 4.98. The molecule has 16 heavy (non-hydrogen) atoms. The van der Waals surface area contributed by atoms with Gasteiger partial charge in [-0.3, -0.25) is 9.88 Å². The minimum absolute atomic E-state index is 0.749. The van der Waals surface area contributed by atoms with Gasteiger partial charge in [0.15, 0.2) is 0 Å². The topological polar surface area (TPSA) is 28.2 Å². The van der Waals surface area contributed by atoms with Gasteiger partial charge in [-0.25, -0.2) is 0 Å². The predicted octanol–water partition coefficient (Wildman–Crippen LogP) is 1.66. The number of pyridine rings is 1. The lowest BCUT2D eigenvalue weighted by Gasteiger charge is -2.33. The van der Waals surface area contributed by atoms with Gasteiger partial charge in [-0.05, 0) is 50.2 Å². The Morgan fingerprint density at radius 3 is 2.62 bits per heavy atom. The number of nitrogens with zero attached hydrogens (tertiary/aromatic N) is 2. The van der Waals surface area contributed by atoms with E-state index >= 15 is 0 Å². The maximum absolute atomic E-state index is 4.06. The van der Waals surface area contributed by atoms with Crippen molar-refractivity contribution in [3.8, 4) is 0 Å². The monoisotopic (exact) mass is 219 g/mol. The first-order valence-electron chi connectivity index (χ1n) is 6.24. The molecule has 0 amide bonds. The van der Waals surface area contributed by atoms with Crippen LogP contribution in [0.1, 0.15) is 25.3 Å². The number of piperidine rings is 1. The van der Waals surface area contributed by atoms with Crippen molar-refractivity contribution < 1.29 is 0 Å². The lowest BCUT2D eigenvalue weighted by Crippen LogP contribution is -2.42. The zero-order valence-electron chi connectivity index (χ0n) is 10.0. The highest BCUT2D eigenvalue weighted by atomic mass is 15.2. The molecule has 88 valence electrons. The summed E-state index contributed by atoms with van der Waals surface area (Å²) in [6.07, 6.45) is 6.31. The summed E-state index contributed by atoms with van der Waals surface area (Å²) < 4.78 is 0. The van der Waals surface area contributed by atoms with Crippen LogP contribution in [0.15, 0.2) is 24.5 Å². The lowest BCUT2D eigenvalue weighted by molar-refractivity contribution is 0.162. The van der Waals surface area contributed by atoms with Crippen LogP contribution in [0.4, 0.5) is 0 Å². The molecule has 0 unspecified atom stereocenters. The first kappa shape index (κ1) is 11.6. The second-order valence-corrected chi connectivity index (χ2v) is 4.40. The van der Waals surface area contributed by atoms with E-state index < -0.39 is 0 Å². The first-order chi connectivity index (χ1) is 7.90. The van der Waals surface area contributed by atoms with Gasteiger partial charge in [-0.15, -0.1) is 0 Å². The zero-order chi connectivity index (χ0) is 11.2. The van der Waals surface area contributed by atoms with Crippen LogP contribution in [-0.4, -0.2) is 35.6 Å². The van der Waals surface area contributed by atoms with E-state index in [9.17, 15) is 0 Å². The van der Waals surface area contributed by atoms with Gasteiger partial charge in [-0.1, -0.05) is 6.92 Å². The fraction of sp³-hybridized carbons (Fsp3) is 0.615. The van der Waals surface area contributed by atoms with Crippen molar-refractivity contribution in [3.05, 3.63) is 30.1 Å². The quantitative estimate of drug-likeness (QED) is 0.834. The Morgan fingerprint density at radius 1 is 1.31 bits per heavy atom. The Hall–Kier alpha value is -0.930. The van der Waals surface area contributed by atoms with Gasteiger partial charge in [0.05, 0.1) is 0 Å². The third-order valence-electron chi connectivity index (χ3n) is 3.37. The molecule has 1 aromatic rings. The molecule has 3 heteroatoms. The Balaban J connectivity index is 1.94. The summed E-state index contributed by atoms with van der Waals surface area (Å²) in [5.74, 6) is 0. The Labute approximate surface area is 97.9 Å². The van der Waals surface area contributed by atoms with Crippen molar-refractivity contribution in [3.63, 3.8) is 0 Å². The number of hydrogen-bond donors (Lipinski definition) is 1. The van der Waals surface area contributed by atoms with Gasteiger partial charge in [0.2, 0.25) is 0 Å². The minimum Gasteiger partial charge on any atom is -0.317 e. The Morgan fingerprint density at radius 2 is 2.00 bits per heavy atom. The summed E-state index contributed by atoms with van der Waals surface area (Å²) in [5.41, 5.74) is 1.37. The molecule has 0 saturated carbocycles. The van der Waals surface area contributed by atoms with Crippen molar-refractivity contribution in [2.24, 2.45) is 0 Å².